The van der Waals surface area contributed by atoms with E-state index in [9.17, 15) is 14.7 Å². The Labute approximate surface area is 94.4 Å². The Bertz CT molecular complexity index is 298. The van der Waals surface area contributed by atoms with Crippen LogP contribution >= 0.6 is 0 Å². The molecule has 0 bridgehead atoms. The monoisotopic (exact) mass is 227 g/mol. The van der Waals surface area contributed by atoms with Gasteiger partial charge in [0.25, 0.3) is 0 Å². The minimum atomic E-state index is -0.652. The van der Waals surface area contributed by atoms with Gasteiger partial charge in [0.1, 0.15) is 0 Å². The molecule has 3 unspecified atom stereocenters. The van der Waals surface area contributed by atoms with Crippen LogP contribution < -0.4 is 0 Å². The highest BCUT2D eigenvalue weighted by atomic mass is 16.5. The Hall–Kier alpha value is -0.940. The first-order valence-corrected chi connectivity index (χ1v) is 5.69. The van der Waals surface area contributed by atoms with Crippen LogP contribution in [0.4, 0.5) is 0 Å². The summed E-state index contributed by atoms with van der Waals surface area (Å²) in [6.07, 6.45) is 0.417. The summed E-state index contributed by atoms with van der Waals surface area (Å²) in [5.41, 5.74) is 0. The lowest BCUT2D eigenvalue weighted by molar-refractivity contribution is -0.141. The molecule has 0 radical (unpaired) electrons. The largest absolute Gasteiger partial charge is 0.391 e. The second kappa shape index (κ2) is 4.51. The van der Waals surface area contributed by atoms with Crippen LogP contribution in [0.1, 0.15) is 19.8 Å². The third-order valence-electron chi connectivity index (χ3n) is 3.35. The van der Waals surface area contributed by atoms with Crippen molar-refractivity contribution in [2.45, 2.75) is 25.9 Å². The van der Waals surface area contributed by atoms with Crippen molar-refractivity contribution in [1.82, 2.24) is 4.90 Å². The van der Waals surface area contributed by atoms with Crippen molar-refractivity contribution < 1.29 is 19.4 Å². The van der Waals surface area contributed by atoms with Gasteiger partial charge < -0.3 is 9.84 Å². The molecule has 3 atom stereocenters. The van der Waals surface area contributed by atoms with E-state index >= 15 is 0 Å². The number of aliphatic hydroxyl groups excluding tert-OH is 1. The minimum absolute atomic E-state index is 0.0523. The van der Waals surface area contributed by atoms with Crippen LogP contribution in [0, 0.1) is 11.8 Å². The number of rotatable bonds is 3. The summed E-state index contributed by atoms with van der Waals surface area (Å²) in [7, 11) is 0. The molecule has 16 heavy (non-hydrogen) atoms. The van der Waals surface area contributed by atoms with E-state index in [4.69, 9.17) is 4.74 Å². The number of hydrogen-bond acceptors (Lipinski definition) is 4. The third kappa shape index (κ3) is 2.10. The number of carbonyl (C=O) groups is 2. The predicted molar refractivity (Wildman–Crippen MR) is 55.4 cm³/mol. The quantitative estimate of drug-likeness (QED) is 0.677. The maximum absolute atomic E-state index is 11.6. The van der Waals surface area contributed by atoms with Crippen LogP contribution in [0.2, 0.25) is 0 Å². The fourth-order valence-electron chi connectivity index (χ4n) is 2.23. The van der Waals surface area contributed by atoms with E-state index in [0.29, 0.717) is 13.2 Å². The summed E-state index contributed by atoms with van der Waals surface area (Å²) in [5, 5.41) is 9.91. The zero-order chi connectivity index (χ0) is 11.7. The molecule has 0 saturated carbocycles. The van der Waals surface area contributed by atoms with E-state index in [1.165, 1.54) is 4.90 Å². The van der Waals surface area contributed by atoms with Crippen LogP contribution in [0.5, 0.6) is 0 Å². The maximum Gasteiger partial charge on any atom is 0.232 e. The third-order valence-corrected chi connectivity index (χ3v) is 3.35. The van der Waals surface area contributed by atoms with Gasteiger partial charge in [-0.25, -0.2) is 0 Å². The molecule has 2 aliphatic heterocycles. The average Bonchev–Trinajstić information content (AvgIpc) is 2.83. The second-order valence-electron chi connectivity index (χ2n) is 4.64. The summed E-state index contributed by atoms with van der Waals surface area (Å²) in [5.74, 6) is -0.519. The Balaban J connectivity index is 1.93. The molecule has 0 aromatic rings. The fourth-order valence-corrected chi connectivity index (χ4v) is 2.23. The molecule has 0 aromatic carbocycles. The minimum Gasteiger partial charge on any atom is -0.391 e. The molecule has 0 spiro atoms. The first-order chi connectivity index (χ1) is 7.59. The SMILES string of the molecule is CC1CC(=O)N(CC(O)C2CCOC2)C1=O. The van der Waals surface area contributed by atoms with E-state index in [0.717, 1.165) is 6.42 Å². The second-order valence-corrected chi connectivity index (χ2v) is 4.64. The summed E-state index contributed by atoms with van der Waals surface area (Å²) >= 11 is 0. The van der Waals surface area contributed by atoms with Gasteiger partial charge in [-0.05, 0) is 6.42 Å². The topological polar surface area (TPSA) is 66.8 Å². The van der Waals surface area contributed by atoms with Gasteiger partial charge in [0, 0.05) is 24.9 Å². The normalized spacial score (nSPS) is 32.5. The fraction of sp³-hybridized carbons (Fsp3) is 0.818. The van der Waals surface area contributed by atoms with Crippen molar-refractivity contribution in [2.75, 3.05) is 19.8 Å². The first-order valence-electron chi connectivity index (χ1n) is 5.69. The van der Waals surface area contributed by atoms with E-state index in [-0.39, 0.29) is 36.6 Å². The lowest BCUT2D eigenvalue weighted by Gasteiger charge is -2.22. The summed E-state index contributed by atoms with van der Waals surface area (Å²) in [6.45, 7) is 3.04. The number of carbonyl (C=O) groups excluding carboxylic acids is 2. The van der Waals surface area contributed by atoms with Gasteiger partial charge >= 0.3 is 0 Å². The molecule has 0 aliphatic carbocycles. The molecule has 2 aliphatic rings. The van der Waals surface area contributed by atoms with Crippen LogP contribution in [-0.2, 0) is 14.3 Å². The summed E-state index contributed by atoms with van der Waals surface area (Å²) in [6, 6.07) is 0. The van der Waals surface area contributed by atoms with Gasteiger partial charge in [0.15, 0.2) is 0 Å². The van der Waals surface area contributed by atoms with Gasteiger partial charge in [-0.1, -0.05) is 6.92 Å². The Morgan fingerprint density at radius 1 is 1.56 bits per heavy atom. The van der Waals surface area contributed by atoms with Gasteiger partial charge in [-0.3, -0.25) is 14.5 Å². The molecule has 1 N–H and O–H groups in total. The average molecular weight is 227 g/mol. The van der Waals surface area contributed by atoms with Crippen LogP contribution in [0.3, 0.4) is 0 Å². The molecule has 2 heterocycles. The van der Waals surface area contributed by atoms with E-state index < -0.39 is 6.10 Å². The van der Waals surface area contributed by atoms with Crippen LogP contribution in [0.25, 0.3) is 0 Å². The zero-order valence-corrected chi connectivity index (χ0v) is 9.39. The maximum atomic E-state index is 11.6. The highest BCUT2D eigenvalue weighted by Gasteiger charge is 2.38. The highest BCUT2D eigenvalue weighted by molar-refractivity contribution is 6.03. The molecular formula is C11H17NO4. The number of hydrogen-bond donors (Lipinski definition) is 1. The number of likely N-dealkylation sites (tertiary alicyclic amines) is 1. The van der Waals surface area contributed by atoms with Gasteiger partial charge in [0.2, 0.25) is 11.8 Å². The smallest absolute Gasteiger partial charge is 0.232 e. The lowest BCUT2D eigenvalue weighted by Crippen LogP contribution is -2.40. The van der Waals surface area contributed by atoms with E-state index in [2.05, 4.69) is 0 Å². The number of ether oxygens (including phenoxy) is 1. The van der Waals surface area contributed by atoms with Crippen molar-refractivity contribution in [1.29, 1.82) is 0 Å². The highest BCUT2D eigenvalue weighted by Crippen LogP contribution is 2.22. The van der Waals surface area contributed by atoms with Crippen molar-refractivity contribution in [3.63, 3.8) is 0 Å². The van der Waals surface area contributed by atoms with Gasteiger partial charge in [-0.15, -0.1) is 0 Å². The molecule has 2 rings (SSSR count). The number of imide groups is 1. The Morgan fingerprint density at radius 2 is 2.31 bits per heavy atom. The van der Waals surface area contributed by atoms with Crippen molar-refractivity contribution in [3.8, 4) is 0 Å². The molecule has 5 heteroatoms. The molecule has 5 nitrogen and oxygen atoms in total. The Morgan fingerprint density at radius 3 is 2.81 bits per heavy atom. The number of amides is 2. The van der Waals surface area contributed by atoms with E-state index in [1.54, 1.807) is 6.92 Å². The lowest BCUT2D eigenvalue weighted by atomic mass is 10.0. The molecule has 2 saturated heterocycles. The standard InChI is InChI=1S/C11H17NO4/c1-7-4-10(14)12(11(7)15)5-9(13)8-2-3-16-6-8/h7-9,13H,2-6H2,1H3. The molecular weight excluding hydrogens is 210 g/mol. The Kier molecular flexibility index (Phi) is 3.25. The van der Waals surface area contributed by atoms with Crippen LogP contribution in [0.15, 0.2) is 0 Å². The predicted octanol–water partition coefficient (Wildman–Crippen LogP) is -0.221. The molecule has 2 amide bonds. The van der Waals surface area contributed by atoms with Crippen molar-refractivity contribution in [3.05, 3.63) is 0 Å². The summed E-state index contributed by atoms with van der Waals surface area (Å²) < 4.78 is 5.17. The van der Waals surface area contributed by atoms with Crippen molar-refractivity contribution >= 4 is 11.8 Å². The van der Waals surface area contributed by atoms with Crippen molar-refractivity contribution in [2.24, 2.45) is 11.8 Å². The number of β-amino-alcohol motifs (C(OH)–C–C–N with tert-alkyl or cyclic N) is 1. The van der Waals surface area contributed by atoms with Gasteiger partial charge in [0.05, 0.1) is 19.3 Å². The molecule has 2 fully saturated rings. The molecule has 90 valence electrons. The van der Waals surface area contributed by atoms with Gasteiger partial charge in [-0.2, -0.15) is 0 Å². The summed E-state index contributed by atoms with van der Waals surface area (Å²) in [4.78, 5) is 24.3. The molecule has 0 aromatic heterocycles. The first kappa shape index (κ1) is 11.5. The zero-order valence-electron chi connectivity index (χ0n) is 9.39. The number of aliphatic hydroxyl groups is 1. The number of nitrogens with zero attached hydrogens (tertiary/aromatic N) is 1. The van der Waals surface area contributed by atoms with Crippen LogP contribution in [-0.4, -0.2) is 47.7 Å². The van der Waals surface area contributed by atoms with E-state index in [1.807, 2.05) is 0 Å².